The Kier molecular flexibility index (Phi) is 5.37. The molecule has 2 amide bonds. The number of primary amides is 1. The summed E-state index contributed by atoms with van der Waals surface area (Å²) in [5.41, 5.74) is 9.43. The van der Waals surface area contributed by atoms with Gasteiger partial charge in [0.2, 0.25) is 11.8 Å². The SMILES string of the molecule is Cc1n[nH]c(C)c1CC(=O)N1CCN(Cc2ccccc2)[C@H](C(N)=O)C1. The molecule has 0 unspecified atom stereocenters. The van der Waals surface area contributed by atoms with Crippen LogP contribution in [0.3, 0.4) is 0 Å². The molecule has 138 valence electrons. The molecule has 1 atom stereocenters. The zero-order valence-electron chi connectivity index (χ0n) is 15.2. The molecule has 0 aliphatic carbocycles. The minimum absolute atomic E-state index is 0.00297. The topological polar surface area (TPSA) is 95.3 Å². The van der Waals surface area contributed by atoms with Gasteiger partial charge in [-0.25, -0.2) is 0 Å². The van der Waals surface area contributed by atoms with Crippen molar-refractivity contribution in [3.05, 3.63) is 52.8 Å². The van der Waals surface area contributed by atoms with Crippen molar-refractivity contribution < 1.29 is 9.59 Å². The molecule has 0 saturated carbocycles. The zero-order chi connectivity index (χ0) is 18.7. The molecule has 1 fully saturated rings. The van der Waals surface area contributed by atoms with Gasteiger partial charge in [0.25, 0.3) is 0 Å². The maximum absolute atomic E-state index is 12.7. The first-order valence-electron chi connectivity index (χ1n) is 8.81. The summed E-state index contributed by atoms with van der Waals surface area (Å²) in [7, 11) is 0. The average Bonchev–Trinajstić information content (AvgIpc) is 2.94. The van der Waals surface area contributed by atoms with Crippen LogP contribution in [0.15, 0.2) is 30.3 Å². The number of nitrogens with one attached hydrogen (secondary N) is 1. The van der Waals surface area contributed by atoms with Crippen LogP contribution in [0, 0.1) is 13.8 Å². The number of amides is 2. The van der Waals surface area contributed by atoms with Crippen LogP contribution >= 0.6 is 0 Å². The second-order valence-corrected chi connectivity index (χ2v) is 6.80. The molecule has 1 aromatic heterocycles. The second-order valence-electron chi connectivity index (χ2n) is 6.80. The van der Waals surface area contributed by atoms with Gasteiger partial charge in [0.05, 0.1) is 12.1 Å². The number of H-pyrrole nitrogens is 1. The summed E-state index contributed by atoms with van der Waals surface area (Å²) in [6.07, 6.45) is 0.290. The fourth-order valence-corrected chi connectivity index (χ4v) is 3.42. The van der Waals surface area contributed by atoms with Crippen LogP contribution in [-0.4, -0.2) is 57.5 Å². The molecule has 7 nitrogen and oxygen atoms in total. The number of benzene rings is 1. The van der Waals surface area contributed by atoms with Gasteiger partial charge in [0, 0.05) is 37.4 Å². The Morgan fingerprint density at radius 3 is 2.58 bits per heavy atom. The molecular weight excluding hydrogens is 330 g/mol. The van der Waals surface area contributed by atoms with Gasteiger partial charge in [0.15, 0.2) is 0 Å². The normalized spacial score (nSPS) is 18.1. The van der Waals surface area contributed by atoms with Gasteiger partial charge in [-0.2, -0.15) is 5.10 Å². The zero-order valence-corrected chi connectivity index (χ0v) is 15.2. The molecule has 1 aromatic carbocycles. The first kappa shape index (κ1) is 18.1. The van der Waals surface area contributed by atoms with Crippen molar-refractivity contribution in [2.75, 3.05) is 19.6 Å². The lowest BCUT2D eigenvalue weighted by Crippen LogP contribution is -2.59. The van der Waals surface area contributed by atoms with E-state index in [1.165, 1.54) is 0 Å². The van der Waals surface area contributed by atoms with E-state index in [4.69, 9.17) is 5.73 Å². The minimum atomic E-state index is -0.473. The fourth-order valence-electron chi connectivity index (χ4n) is 3.42. The maximum atomic E-state index is 12.7. The number of aryl methyl sites for hydroxylation is 2. The van der Waals surface area contributed by atoms with Gasteiger partial charge in [-0.15, -0.1) is 0 Å². The first-order valence-corrected chi connectivity index (χ1v) is 8.81. The van der Waals surface area contributed by atoms with E-state index in [0.717, 1.165) is 22.5 Å². The van der Waals surface area contributed by atoms with E-state index in [2.05, 4.69) is 15.1 Å². The molecule has 7 heteroatoms. The summed E-state index contributed by atoms with van der Waals surface area (Å²) in [6.45, 7) is 5.99. The number of nitrogens with two attached hydrogens (primary N) is 1. The standard InChI is InChI=1S/C19H25N5O2/c1-13-16(14(2)22-21-13)10-18(25)24-9-8-23(17(12-24)19(20)26)11-15-6-4-3-5-7-15/h3-7,17H,8-12H2,1-2H3,(H2,20,26)(H,21,22)/t17-/m0/s1. The lowest BCUT2D eigenvalue weighted by atomic mass is 10.1. The van der Waals surface area contributed by atoms with Gasteiger partial charge in [0.1, 0.15) is 6.04 Å². The predicted molar refractivity (Wildman–Crippen MR) is 98.2 cm³/mol. The largest absolute Gasteiger partial charge is 0.368 e. The highest BCUT2D eigenvalue weighted by Crippen LogP contribution is 2.17. The Hall–Kier alpha value is -2.67. The van der Waals surface area contributed by atoms with Crippen molar-refractivity contribution in [3.8, 4) is 0 Å². The van der Waals surface area contributed by atoms with E-state index in [9.17, 15) is 9.59 Å². The number of carbonyl (C=O) groups excluding carboxylic acids is 2. The van der Waals surface area contributed by atoms with E-state index in [-0.39, 0.29) is 5.91 Å². The molecule has 0 bridgehead atoms. The summed E-state index contributed by atoms with van der Waals surface area (Å²) in [6, 6.07) is 9.50. The molecule has 3 N–H and O–H groups in total. The van der Waals surface area contributed by atoms with Crippen molar-refractivity contribution in [3.63, 3.8) is 0 Å². The maximum Gasteiger partial charge on any atom is 0.236 e. The third-order valence-corrected chi connectivity index (χ3v) is 5.01. The summed E-state index contributed by atoms with van der Waals surface area (Å²) >= 11 is 0. The fraction of sp³-hybridized carbons (Fsp3) is 0.421. The Labute approximate surface area is 153 Å². The van der Waals surface area contributed by atoms with Crippen LogP contribution in [0.1, 0.15) is 22.5 Å². The van der Waals surface area contributed by atoms with E-state index < -0.39 is 11.9 Å². The first-order chi connectivity index (χ1) is 12.5. The number of aromatic amines is 1. The Morgan fingerprint density at radius 2 is 1.96 bits per heavy atom. The van der Waals surface area contributed by atoms with Gasteiger partial charge in [-0.3, -0.25) is 19.6 Å². The van der Waals surface area contributed by atoms with E-state index in [0.29, 0.717) is 32.6 Å². The van der Waals surface area contributed by atoms with Crippen molar-refractivity contribution in [1.29, 1.82) is 0 Å². The molecule has 0 radical (unpaired) electrons. The molecule has 1 aliphatic heterocycles. The van der Waals surface area contributed by atoms with Crippen LogP contribution in [0.5, 0.6) is 0 Å². The van der Waals surface area contributed by atoms with E-state index in [1.54, 1.807) is 4.90 Å². The molecule has 0 spiro atoms. The summed E-state index contributed by atoms with van der Waals surface area (Å²) in [5, 5.41) is 7.04. The van der Waals surface area contributed by atoms with Crippen LogP contribution in [-0.2, 0) is 22.6 Å². The molecule has 2 aromatic rings. The third-order valence-electron chi connectivity index (χ3n) is 5.01. The number of nitrogens with zero attached hydrogens (tertiary/aromatic N) is 3. The highest BCUT2D eigenvalue weighted by Gasteiger charge is 2.33. The van der Waals surface area contributed by atoms with Crippen LogP contribution in [0.4, 0.5) is 0 Å². The van der Waals surface area contributed by atoms with Crippen molar-refractivity contribution in [2.45, 2.75) is 32.9 Å². The Morgan fingerprint density at radius 1 is 1.23 bits per heavy atom. The van der Waals surface area contributed by atoms with Crippen molar-refractivity contribution in [2.24, 2.45) is 5.73 Å². The molecule has 3 rings (SSSR count). The summed E-state index contributed by atoms with van der Waals surface area (Å²) in [5.74, 6) is -0.391. The number of hydrogen-bond acceptors (Lipinski definition) is 4. The van der Waals surface area contributed by atoms with E-state index in [1.807, 2.05) is 44.2 Å². The molecule has 1 aliphatic rings. The lowest BCUT2D eigenvalue weighted by molar-refractivity contribution is -0.136. The quantitative estimate of drug-likeness (QED) is 0.828. The smallest absolute Gasteiger partial charge is 0.236 e. The lowest BCUT2D eigenvalue weighted by Gasteiger charge is -2.40. The molecule has 26 heavy (non-hydrogen) atoms. The molecular formula is C19H25N5O2. The monoisotopic (exact) mass is 355 g/mol. The van der Waals surface area contributed by atoms with Crippen molar-refractivity contribution >= 4 is 11.8 Å². The van der Waals surface area contributed by atoms with Gasteiger partial charge >= 0.3 is 0 Å². The van der Waals surface area contributed by atoms with E-state index >= 15 is 0 Å². The number of hydrogen-bond donors (Lipinski definition) is 2. The van der Waals surface area contributed by atoms with Crippen LogP contribution < -0.4 is 5.73 Å². The second kappa shape index (κ2) is 7.70. The van der Waals surface area contributed by atoms with Gasteiger partial charge < -0.3 is 10.6 Å². The minimum Gasteiger partial charge on any atom is -0.368 e. The Bertz CT molecular complexity index is 767. The van der Waals surface area contributed by atoms with Crippen LogP contribution in [0.25, 0.3) is 0 Å². The number of aromatic nitrogens is 2. The number of piperazine rings is 1. The highest BCUT2D eigenvalue weighted by atomic mass is 16.2. The Balaban J connectivity index is 1.67. The van der Waals surface area contributed by atoms with Crippen LogP contribution in [0.2, 0.25) is 0 Å². The molecule has 1 saturated heterocycles. The predicted octanol–water partition coefficient (Wildman–Crippen LogP) is 0.767. The highest BCUT2D eigenvalue weighted by molar-refractivity contribution is 5.83. The number of rotatable bonds is 5. The van der Waals surface area contributed by atoms with Gasteiger partial charge in [-0.1, -0.05) is 30.3 Å². The number of carbonyl (C=O) groups is 2. The third kappa shape index (κ3) is 3.94. The summed E-state index contributed by atoms with van der Waals surface area (Å²) in [4.78, 5) is 28.5. The summed E-state index contributed by atoms with van der Waals surface area (Å²) < 4.78 is 0. The van der Waals surface area contributed by atoms with Crippen molar-refractivity contribution in [1.82, 2.24) is 20.0 Å². The molecule has 2 heterocycles. The van der Waals surface area contributed by atoms with Gasteiger partial charge in [-0.05, 0) is 19.4 Å². The average molecular weight is 355 g/mol.